The maximum absolute atomic E-state index is 13.1. The summed E-state index contributed by atoms with van der Waals surface area (Å²) in [7, 11) is 0. The molecule has 0 spiro atoms. The van der Waals surface area contributed by atoms with Gasteiger partial charge in [-0.05, 0) is 42.8 Å². The summed E-state index contributed by atoms with van der Waals surface area (Å²) < 4.78 is 13.1. The molecule has 0 fully saturated rings. The Kier molecular flexibility index (Phi) is 5.02. The Balaban J connectivity index is 1.66. The molecule has 1 N–H and O–H groups in total. The molecule has 0 aliphatic rings. The predicted molar refractivity (Wildman–Crippen MR) is 97.2 cm³/mol. The van der Waals surface area contributed by atoms with Crippen molar-refractivity contribution < 1.29 is 9.18 Å². The van der Waals surface area contributed by atoms with Crippen molar-refractivity contribution in [3.63, 3.8) is 0 Å². The lowest BCUT2D eigenvalue weighted by Gasteiger charge is -2.07. The minimum Gasteiger partial charge on any atom is -0.325 e. The zero-order chi connectivity index (χ0) is 17.1. The molecule has 24 heavy (non-hydrogen) atoms. The van der Waals surface area contributed by atoms with Crippen LogP contribution in [-0.4, -0.2) is 16.6 Å². The maximum Gasteiger partial charge on any atom is 0.234 e. The summed E-state index contributed by atoms with van der Waals surface area (Å²) in [4.78, 5) is 16.6. The first-order valence-corrected chi connectivity index (χ1v) is 8.63. The van der Waals surface area contributed by atoms with E-state index >= 15 is 0 Å². The number of nitrogens with zero attached hydrogens (tertiary/aromatic N) is 1. The third-order valence-corrected chi connectivity index (χ3v) is 4.66. The van der Waals surface area contributed by atoms with Crippen LogP contribution in [0.2, 0.25) is 5.02 Å². The van der Waals surface area contributed by atoms with Crippen molar-refractivity contribution in [2.75, 3.05) is 11.1 Å². The number of fused-ring (bicyclic) bond motifs is 1. The van der Waals surface area contributed by atoms with Crippen LogP contribution < -0.4 is 5.32 Å². The van der Waals surface area contributed by atoms with E-state index in [4.69, 9.17) is 11.6 Å². The van der Waals surface area contributed by atoms with E-state index in [9.17, 15) is 9.18 Å². The fraction of sp³-hybridized carbons (Fsp3) is 0.111. The summed E-state index contributed by atoms with van der Waals surface area (Å²) in [6, 6.07) is 13.9. The number of aryl methyl sites for hydroxylation is 1. The Morgan fingerprint density at radius 3 is 2.83 bits per heavy atom. The van der Waals surface area contributed by atoms with E-state index in [2.05, 4.69) is 10.3 Å². The third-order valence-electron chi connectivity index (χ3n) is 3.45. The van der Waals surface area contributed by atoms with Gasteiger partial charge in [0.15, 0.2) is 0 Å². The number of carbonyl (C=O) groups is 1. The lowest BCUT2D eigenvalue weighted by Crippen LogP contribution is -2.14. The standard InChI is InChI=1S/C18H14ClFN2OS/c1-11-8-18(22-16-5-3-2-4-13(11)16)24-10-17(23)21-12-6-7-15(20)14(19)9-12/h2-9H,10H2,1H3,(H,21,23). The van der Waals surface area contributed by atoms with Crippen molar-refractivity contribution in [3.8, 4) is 0 Å². The first kappa shape index (κ1) is 16.7. The van der Waals surface area contributed by atoms with Crippen molar-refractivity contribution >= 4 is 45.9 Å². The fourth-order valence-corrected chi connectivity index (χ4v) is 3.26. The molecular weight excluding hydrogens is 347 g/mol. The number of benzene rings is 2. The van der Waals surface area contributed by atoms with Crippen molar-refractivity contribution in [1.29, 1.82) is 0 Å². The summed E-state index contributed by atoms with van der Waals surface area (Å²) in [5.74, 6) is -0.505. The molecule has 122 valence electrons. The molecule has 0 saturated carbocycles. The summed E-state index contributed by atoms with van der Waals surface area (Å²) in [5.41, 5.74) is 2.49. The number of pyridine rings is 1. The van der Waals surface area contributed by atoms with Gasteiger partial charge in [0.25, 0.3) is 0 Å². The van der Waals surface area contributed by atoms with E-state index in [0.717, 1.165) is 21.5 Å². The quantitative estimate of drug-likeness (QED) is 0.661. The number of anilines is 1. The molecule has 0 aliphatic heterocycles. The van der Waals surface area contributed by atoms with Crippen LogP contribution in [0, 0.1) is 12.7 Å². The molecule has 0 bridgehead atoms. The monoisotopic (exact) mass is 360 g/mol. The highest BCUT2D eigenvalue weighted by atomic mass is 35.5. The topological polar surface area (TPSA) is 42.0 Å². The van der Waals surface area contributed by atoms with E-state index in [1.807, 2.05) is 37.3 Å². The maximum atomic E-state index is 13.1. The van der Waals surface area contributed by atoms with Gasteiger partial charge in [0.05, 0.1) is 21.3 Å². The van der Waals surface area contributed by atoms with Gasteiger partial charge in [-0.1, -0.05) is 41.6 Å². The number of halogens is 2. The molecule has 3 rings (SSSR count). The van der Waals surface area contributed by atoms with Crippen LogP contribution in [0.15, 0.2) is 53.6 Å². The van der Waals surface area contributed by atoms with Crippen LogP contribution in [0.5, 0.6) is 0 Å². The highest BCUT2D eigenvalue weighted by Gasteiger charge is 2.08. The van der Waals surface area contributed by atoms with Gasteiger partial charge < -0.3 is 5.32 Å². The Morgan fingerprint density at radius 2 is 2.04 bits per heavy atom. The highest BCUT2D eigenvalue weighted by molar-refractivity contribution is 7.99. The number of para-hydroxylation sites is 1. The van der Waals surface area contributed by atoms with Gasteiger partial charge in [0.2, 0.25) is 5.91 Å². The normalized spacial score (nSPS) is 10.8. The fourth-order valence-electron chi connectivity index (χ4n) is 2.30. The van der Waals surface area contributed by atoms with E-state index < -0.39 is 5.82 Å². The number of nitrogens with one attached hydrogen (secondary N) is 1. The van der Waals surface area contributed by atoms with Gasteiger partial charge in [-0.15, -0.1) is 0 Å². The first-order chi connectivity index (χ1) is 11.5. The molecule has 2 aromatic carbocycles. The minimum atomic E-state index is -0.514. The molecule has 6 heteroatoms. The van der Waals surface area contributed by atoms with E-state index in [0.29, 0.717) is 5.69 Å². The zero-order valence-corrected chi connectivity index (χ0v) is 14.4. The number of thioether (sulfide) groups is 1. The van der Waals surface area contributed by atoms with Crippen molar-refractivity contribution in [1.82, 2.24) is 4.98 Å². The number of rotatable bonds is 4. The van der Waals surface area contributed by atoms with Crippen LogP contribution in [0.4, 0.5) is 10.1 Å². The van der Waals surface area contributed by atoms with Gasteiger partial charge >= 0.3 is 0 Å². The lowest BCUT2D eigenvalue weighted by atomic mass is 10.1. The second kappa shape index (κ2) is 7.20. The molecule has 0 atom stereocenters. The van der Waals surface area contributed by atoms with Gasteiger partial charge in [-0.2, -0.15) is 0 Å². The third kappa shape index (κ3) is 3.86. The van der Waals surface area contributed by atoms with Gasteiger partial charge in [0, 0.05) is 11.1 Å². The molecular formula is C18H14ClFN2OS. The van der Waals surface area contributed by atoms with Crippen LogP contribution in [-0.2, 0) is 4.79 Å². The number of hydrogen-bond donors (Lipinski definition) is 1. The van der Waals surface area contributed by atoms with E-state index in [1.54, 1.807) is 0 Å². The molecule has 3 aromatic rings. The van der Waals surface area contributed by atoms with Crippen LogP contribution in [0.1, 0.15) is 5.56 Å². The van der Waals surface area contributed by atoms with Crippen LogP contribution >= 0.6 is 23.4 Å². The summed E-state index contributed by atoms with van der Waals surface area (Å²) in [5, 5.41) is 4.57. The average molecular weight is 361 g/mol. The molecule has 3 nitrogen and oxygen atoms in total. The zero-order valence-electron chi connectivity index (χ0n) is 12.8. The molecule has 1 heterocycles. The molecule has 0 aliphatic carbocycles. The molecule has 0 unspecified atom stereocenters. The number of amides is 1. The number of carbonyl (C=O) groups excluding carboxylic acids is 1. The van der Waals surface area contributed by atoms with Crippen LogP contribution in [0.25, 0.3) is 10.9 Å². The molecule has 0 radical (unpaired) electrons. The smallest absolute Gasteiger partial charge is 0.234 e. The Bertz CT molecular complexity index is 917. The van der Waals surface area contributed by atoms with Gasteiger partial charge in [-0.25, -0.2) is 9.37 Å². The van der Waals surface area contributed by atoms with Crippen molar-refractivity contribution in [2.24, 2.45) is 0 Å². The highest BCUT2D eigenvalue weighted by Crippen LogP contribution is 2.24. The van der Waals surface area contributed by atoms with Crippen LogP contribution in [0.3, 0.4) is 0 Å². The predicted octanol–water partition coefficient (Wildman–Crippen LogP) is 5.07. The summed E-state index contributed by atoms with van der Waals surface area (Å²) in [6.45, 7) is 2.02. The van der Waals surface area contributed by atoms with Gasteiger partial charge in [-0.3, -0.25) is 4.79 Å². The molecule has 1 amide bonds. The first-order valence-electron chi connectivity index (χ1n) is 7.27. The molecule has 0 saturated heterocycles. The molecule has 1 aromatic heterocycles. The summed E-state index contributed by atoms with van der Waals surface area (Å²) >= 11 is 7.06. The van der Waals surface area contributed by atoms with E-state index in [1.165, 1.54) is 30.0 Å². The van der Waals surface area contributed by atoms with Gasteiger partial charge in [0.1, 0.15) is 5.82 Å². The number of aromatic nitrogens is 1. The second-order valence-electron chi connectivity index (χ2n) is 5.26. The van der Waals surface area contributed by atoms with Crippen molar-refractivity contribution in [3.05, 3.63) is 64.9 Å². The summed E-state index contributed by atoms with van der Waals surface area (Å²) in [6.07, 6.45) is 0. The second-order valence-corrected chi connectivity index (χ2v) is 6.66. The lowest BCUT2D eigenvalue weighted by molar-refractivity contribution is -0.113. The SMILES string of the molecule is Cc1cc(SCC(=O)Nc2ccc(F)c(Cl)c2)nc2ccccc12. The Labute approximate surface area is 148 Å². The average Bonchev–Trinajstić information content (AvgIpc) is 2.56. The largest absolute Gasteiger partial charge is 0.325 e. The number of hydrogen-bond acceptors (Lipinski definition) is 3. The van der Waals surface area contributed by atoms with Crippen molar-refractivity contribution in [2.45, 2.75) is 11.9 Å². The Morgan fingerprint density at radius 1 is 1.25 bits per heavy atom. The van der Waals surface area contributed by atoms with E-state index in [-0.39, 0.29) is 16.7 Å². The minimum absolute atomic E-state index is 0.0210. The Hall–Kier alpha value is -2.11.